The molecule has 0 atom stereocenters. The van der Waals surface area contributed by atoms with Gasteiger partial charge in [-0.15, -0.1) is 0 Å². The zero-order valence-electron chi connectivity index (χ0n) is 7.76. The summed E-state index contributed by atoms with van der Waals surface area (Å²) in [6.07, 6.45) is -1.08. The van der Waals surface area contributed by atoms with Crippen LogP contribution in [-0.2, 0) is 10.7 Å². The second kappa shape index (κ2) is 5.64. The molecule has 0 radical (unpaired) electrons. The Morgan fingerprint density at radius 2 is 1.53 bits per heavy atom. The summed E-state index contributed by atoms with van der Waals surface area (Å²) in [6.45, 7) is -0.211. The molecule has 0 saturated carbocycles. The van der Waals surface area contributed by atoms with E-state index in [-0.39, 0.29) is 25.9 Å². The predicted octanol–water partition coefficient (Wildman–Crippen LogP) is 1.38. The van der Waals surface area contributed by atoms with Gasteiger partial charge in [-0.3, -0.25) is 0 Å². The van der Waals surface area contributed by atoms with Crippen molar-refractivity contribution in [2.45, 2.75) is 36.9 Å². The van der Waals surface area contributed by atoms with Crippen LogP contribution in [0.1, 0.15) is 25.7 Å². The quantitative estimate of drug-likeness (QED) is 0.409. The Morgan fingerprint density at radius 3 is 1.93 bits per heavy atom. The average Bonchev–Trinajstić information content (AvgIpc) is 2.12. The minimum Gasteiger partial charge on any atom is -0.396 e. The van der Waals surface area contributed by atoms with Crippen molar-refractivity contribution in [3.63, 3.8) is 0 Å². The normalized spacial score (nSPS) is 13.5. The first-order chi connectivity index (χ1) is 6.75. The Hall–Kier alpha value is -0.370. The number of aliphatic hydroxyl groups is 1. The lowest BCUT2D eigenvalue weighted by Crippen LogP contribution is -2.41. The summed E-state index contributed by atoms with van der Waals surface area (Å²) < 4.78 is 70.1. The summed E-state index contributed by atoms with van der Waals surface area (Å²) in [6, 6.07) is 0. The highest BCUT2D eigenvalue weighted by Gasteiger charge is 2.58. The molecule has 0 unspecified atom stereocenters. The number of thiol groups is 1. The highest BCUT2D eigenvalue weighted by atomic mass is 32.2. The fourth-order valence-electron chi connectivity index (χ4n) is 0.920. The van der Waals surface area contributed by atoms with E-state index in [1.54, 1.807) is 0 Å². The maximum atomic E-state index is 12.7. The second-order valence-corrected chi connectivity index (χ2v) is 4.11. The minimum atomic E-state index is -5.00. The van der Waals surface area contributed by atoms with Crippen LogP contribution in [0.3, 0.4) is 0 Å². The van der Waals surface area contributed by atoms with E-state index in [4.69, 9.17) is 5.11 Å². The number of hydrogen-bond acceptors (Lipinski definition) is 3. The van der Waals surface area contributed by atoms with Crippen molar-refractivity contribution >= 4 is 10.7 Å². The second-order valence-electron chi connectivity index (χ2n) is 3.04. The smallest absolute Gasteiger partial charge is 0.396 e. The standard InChI is InChI=1S/C7H12F4O3S/c8-6(9,4-2-1-3-5-12)7(10,11)15(13)14/h12,15H,1-5H2. The van der Waals surface area contributed by atoms with Crippen molar-refractivity contribution in [2.75, 3.05) is 6.61 Å². The Morgan fingerprint density at radius 1 is 1.00 bits per heavy atom. The molecule has 0 aromatic heterocycles. The van der Waals surface area contributed by atoms with Crippen molar-refractivity contribution in [2.24, 2.45) is 0 Å². The van der Waals surface area contributed by atoms with Crippen molar-refractivity contribution < 1.29 is 31.1 Å². The molecule has 0 saturated heterocycles. The molecule has 0 rings (SSSR count). The third kappa shape index (κ3) is 3.94. The van der Waals surface area contributed by atoms with Crippen LogP contribution in [0.2, 0.25) is 0 Å². The van der Waals surface area contributed by atoms with E-state index in [1.807, 2.05) is 0 Å². The number of unbranched alkanes of at least 4 members (excludes halogenated alkanes) is 2. The van der Waals surface area contributed by atoms with Gasteiger partial charge in [-0.05, 0) is 12.8 Å². The van der Waals surface area contributed by atoms with Gasteiger partial charge >= 0.3 is 11.2 Å². The highest BCUT2D eigenvalue weighted by Crippen LogP contribution is 2.38. The Labute approximate surface area is 86.0 Å². The van der Waals surface area contributed by atoms with Crippen molar-refractivity contribution in [3.8, 4) is 0 Å². The van der Waals surface area contributed by atoms with Gasteiger partial charge in [-0.25, -0.2) is 8.42 Å². The molecular formula is C7H12F4O3S. The summed E-state index contributed by atoms with van der Waals surface area (Å²) in [5, 5.41) is 3.31. The SMILES string of the molecule is O=[SH](=O)C(F)(F)C(F)(F)CCCCCO. The van der Waals surface area contributed by atoms with Crippen LogP contribution in [-0.4, -0.2) is 31.3 Å². The molecular weight excluding hydrogens is 240 g/mol. The molecule has 15 heavy (non-hydrogen) atoms. The van der Waals surface area contributed by atoms with E-state index in [2.05, 4.69) is 0 Å². The molecule has 0 bridgehead atoms. The molecule has 0 heterocycles. The highest BCUT2D eigenvalue weighted by molar-refractivity contribution is 7.73. The molecule has 8 heteroatoms. The van der Waals surface area contributed by atoms with E-state index in [0.29, 0.717) is 0 Å². The molecule has 0 amide bonds. The zero-order valence-corrected chi connectivity index (χ0v) is 8.65. The van der Waals surface area contributed by atoms with E-state index >= 15 is 0 Å². The molecule has 0 aliphatic rings. The van der Waals surface area contributed by atoms with Crippen LogP contribution < -0.4 is 0 Å². The van der Waals surface area contributed by atoms with Gasteiger partial charge in [-0.1, -0.05) is 6.42 Å². The number of aliphatic hydroxyl groups excluding tert-OH is 1. The average molecular weight is 252 g/mol. The zero-order chi connectivity index (χ0) is 12.1. The molecule has 92 valence electrons. The Kier molecular flexibility index (Phi) is 5.50. The number of hydrogen-bond donors (Lipinski definition) is 2. The largest absolute Gasteiger partial charge is 0.404 e. The van der Waals surface area contributed by atoms with E-state index < -0.39 is 28.3 Å². The first-order valence-corrected chi connectivity index (χ1v) is 5.44. The van der Waals surface area contributed by atoms with Crippen LogP contribution in [0, 0.1) is 0 Å². The summed E-state index contributed by atoms with van der Waals surface area (Å²) in [5.74, 6) is -4.54. The van der Waals surface area contributed by atoms with Crippen molar-refractivity contribution in [3.05, 3.63) is 0 Å². The fourth-order valence-corrected chi connectivity index (χ4v) is 1.30. The summed E-state index contributed by atoms with van der Waals surface area (Å²) in [4.78, 5) is 0. The van der Waals surface area contributed by atoms with Crippen molar-refractivity contribution in [1.29, 1.82) is 0 Å². The van der Waals surface area contributed by atoms with Gasteiger partial charge < -0.3 is 5.11 Å². The predicted molar refractivity (Wildman–Crippen MR) is 45.8 cm³/mol. The topological polar surface area (TPSA) is 54.4 Å². The van der Waals surface area contributed by atoms with Crippen LogP contribution in [0.4, 0.5) is 17.6 Å². The van der Waals surface area contributed by atoms with Gasteiger partial charge in [0.2, 0.25) is 10.7 Å². The number of halogens is 4. The molecule has 0 aliphatic carbocycles. The molecule has 3 nitrogen and oxygen atoms in total. The van der Waals surface area contributed by atoms with Crippen LogP contribution in [0.25, 0.3) is 0 Å². The maximum Gasteiger partial charge on any atom is 0.404 e. The lowest BCUT2D eigenvalue weighted by Gasteiger charge is -2.21. The van der Waals surface area contributed by atoms with Crippen LogP contribution in [0.15, 0.2) is 0 Å². The van der Waals surface area contributed by atoms with Gasteiger partial charge in [0.25, 0.3) is 0 Å². The van der Waals surface area contributed by atoms with E-state index in [9.17, 15) is 26.0 Å². The van der Waals surface area contributed by atoms with Crippen LogP contribution in [0.5, 0.6) is 0 Å². The Balaban J connectivity index is 4.28. The van der Waals surface area contributed by atoms with Gasteiger partial charge in [0.1, 0.15) is 0 Å². The summed E-state index contributed by atoms with van der Waals surface area (Å²) >= 11 is 0. The van der Waals surface area contributed by atoms with E-state index in [0.717, 1.165) is 0 Å². The Bertz CT molecular complexity index is 257. The van der Waals surface area contributed by atoms with Crippen molar-refractivity contribution in [1.82, 2.24) is 0 Å². The van der Waals surface area contributed by atoms with Gasteiger partial charge in [0, 0.05) is 13.0 Å². The first kappa shape index (κ1) is 14.6. The van der Waals surface area contributed by atoms with E-state index in [1.165, 1.54) is 0 Å². The summed E-state index contributed by atoms with van der Waals surface area (Å²) in [7, 11) is -4.49. The summed E-state index contributed by atoms with van der Waals surface area (Å²) in [5.41, 5.74) is 0. The maximum absolute atomic E-state index is 12.7. The molecule has 0 aromatic carbocycles. The lowest BCUT2D eigenvalue weighted by molar-refractivity contribution is -0.159. The molecule has 1 N–H and O–H groups in total. The monoisotopic (exact) mass is 252 g/mol. The molecule has 0 aromatic rings. The molecule has 0 fully saturated rings. The number of alkyl halides is 4. The first-order valence-electron chi connectivity index (χ1n) is 4.26. The van der Waals surface area contributed by atoms with Gasteiger partial charge in [0.05, 0.1) is 0 Å². The van der Waals surface area contributed by atoms with Gasteiger partial charge in [0.15, 0.2) is 0 Å². The molecule has 0 aliphatic heterocycles. The fraction of sp³-hybridized carbons (Fsp3) is 1.00. The minimum absolute atomic E-state index is 0.151. The van der Waals surface area contributed by atoms with Gasteiger partial charge in [-0.2, -0.15) is 17.6 Å². The third-order valence-corrected chi connectivity index (χ3v) is 2.60. The lowest BCUT2D eigenvalue weighted by atomic mass is 10.1. The number of rotatable bonds is 7. The third-order valence-electron chi connectivity index (χ3n) is 1.82. The molecule has 0 spiro atoms. The van der Waals surface area contributed by atoms with Crippen LogP contribution >= 0.6 is 0 Å².